The normalized spacial score (nSPS) is 15.7. The van der Waals surface area contributed by atoms with Crippen LogP contribution >= 0.6 is 23.2 Å². The molecule has 10 heteroatoms. The maximum atomic E-state index is 13.0. The van der Waals surface area contributed by atoms with E-state index in [2.05, 4.69) is 0 Å². The summed E-state index contributed by atoms with van der Waals surface area (Å²) >= 11 is 11.7. The van der Waals surface area contributed by atoms with Gasteiger partial charge in [-0.3, -0.25) is 9.59 Å². The Morgan fingerprint density at radius 2 is 1.67 bits per heavy atom. The minimum atomic E-state index is -3.76. The van der Waals surface area contributed by atoms with Gasteiger partial charge in [0.2, 0.25) is 10.0 Å². The van der Waals surface area contributed by atoms with Crippen molar-refractivity contribution in [2.45, 2.75) is 17.7 Å². The number of benzene rings is 2. The smallest absolute Gasteiger partial charge is 0.309 e. The highest BCUT2D eigenvalue weighted by atomic mass is 35.5. The van der Waals surface area contributed by atoms with Gasteiger partial charge in [0.1, 0.15) is 5.82 Å². The summed E-state index contributed by atoms with van der Waals surface area (Å²) < 4.78 is 44.6. The molecular formula is C20H18Cl2FNO5S. The van der Waals surface area contributed by atoms with Crippen molar-refractivity contribution >= 4 is 45.0 Å². The van der Waals surface area contributed by atoms with Gasteiger partial charge in [-0.05, 0) is 55.3 Å². The van der Waals surface area contributed by atoms with E-state index in [0.29, 0.717) is 5.02 Å². The van der Waals surface area contributed by atoms with Gasteiger partial charge >= 0.3 is 5.97 Å². The number of ether oxygens (including phenoxy) is 1. The molecule has 1 fully saturated rings. The number of carbonyl (C=O) groups is 2. The second-order valence-electron chi connectivity index (χ2n) is 6.79. The van der Waals surface area contributed by atoms with Crippen molar-refractivity contribution in [3.05, 3.63) is 63.9 Å². The van der Waals surface area contributed by atoms with Crippen molar-refractivity contribution in [2.24, 2.45) is 5.92 Å². The van der Waals surface area contributed by atoms with Crippen LogP contribution in [0.25, 0.3) is 0 Å². The first-order valence-corrected chi connectivity index (χ1v) is 11.3. The number of hydrogen-bond acceptors (Lipinski definition) is 5. The molecule has 1 aliphatic rings. The number of ketones is 1. The first-order chi connectivity index (χ1) is 14.2. The summed E-state index contributed by atoms with van der Waals surface area (Å²) in [4.78, 5) is 24.5. The van der Waals surface area contributed by atoms with Gasteiger partial charge in [-0.25, -0.2) is 12.8 Å². The first kappa shape index (κ1) is 22.7. The minimum absolute atomic E-state index is 0.00264. The molecule has 0 bridgehead atoms. The number of nitrogens with zero attached hydrogens (tertiary/aromatic N) is 1. The third-order valence-electron chi connectivity index (χ3n) is 4.83. The Balaban J connectivity index is 1.53. The van der Waals surface area contributed by atoms with Crippen molar-refractivity contribution < 1.29 is 27.1 Å². The molecule has 0 aliphatic carbocycles. The molecule has 0 saturated carbocycles. The number of rotatable bonds is 6. The Morgan fingerprint density at radius 3 is 2.27 bits per heavy atom. The second kappa shape index (κ2) is 9.43. The molecule has 2 aromatic carbocycles. The molecule has 3 rings (SSSR count). The summed E-state index contributed by atoms with van der Waals surface area (Å²) in [6.07, 6.45) is 0.528. The Hall–Kier alpha value is -2.00. The Bertz CT molecular complexity index is 1050. The number of hydrogen-bond donors (Lipinski definition) is 0. The molecule has 0 unspecified atom stereocenters. The van der Waals surface area contributed by atoms with Crippen LogP contribution < -0.4 is 0 Å². The molecule has 0 N–H and O–H groups in total. The van der Waals surface area contributed by atoms with Gasteiger partial charge in [-0.1, -0.05) is 23.2 Å². The lowest BCUT2D eigenvalue weighted by Gasteiger charge is -2.30. The fourth-order valence-corrected chi connectivity index (χ4v) is 4.86. The average Bonchev–Trinajstić information content (AvgIpc) is 2.74. The van der Waals surface area contributed by atoms with E-state index in [1.807, 2.05) is 0 Å². The lowest BCUT2D eigenvalue weighted by Crippen LogP contribution is -2.40. The molecular weight excluding hydrogens is 456 g/mol. The van der Waals surface area contributed by atoms with Crippen molar-refractivity contribution in [1.82, 2.24) is 4.31 Å². The van der Waals surface area contributed by atoms with Gasteiger partial charge in [0.15, 0.2) is 12.4 Å². The van der Waals surface area contributed by atoms with Crippen LogP contribution in [0, 0.1) is 11.7 Å². The van der Waals surface area contributed by atoms with E-state index >= 15 is 0 Å². The van der Waals surface area contributed by atoms with Gasteiger partial charge in [-0.2, -0.15) is 4.31 Å². The quantitative estimate of drug-likeness (QED) is 0.468. The van der Waals surface area contributed by atoms with Crippen molar-refractivity contribution in [3.8, 4) is 0 Å². The van der Waals surface area contributed by atoms with Crippen molar-refractivity contribution in [3.63, 3.8) is 0 Å². The number of esters is 1. The molecule has 2 aromatic rings. The zero-order chi connectivity index (χ0) is 21.9. The van der Waals surface area contributed by atoms with Crippen LogP contribution in [0.2, 0.25) is 10.0 Å². The van der Waals surface area contributed by atoms with E-state index in [0.717, 1.165) is 12.1 Å². The molecule has 30 heavy (non-hydrogen) atoms. The summed E-state index contributed by atoms with van der Waals surface area (Å²) in [5, 5.41) is 0.538. The van der Waals surface area contributed by atoms with Crippen molar-refractivity contribution in [1.29, 1.82) is 0 Å². The lowest BCUT2D eigenvalue weighted by molar-refractivity contribution is -0.148. The molecule has 1 saturated heterocycles. The molecule has 0 aromatic heterocycles. The third kappa shape index (κ3) is 5.18. The second-order valence-corrected chi connectivity index (χ2v) is 9.54. The fourth-order valence-electron chi connectivity index (χ4n) is 3.09. The van der Waals surface area contributed by atoms with E-state index in [-0.39, 0.29) is 41.4 Å². The predicted molar refractivity (Wildman–Crippen MR) is 110 cm³/mol. The van der Waals surface area contributed by atoms with Crippen LogP contribution in [-0.2, 0) is 19.6 Å². The number of sulfonamides is 1. The summed E-state index contributed by atoms with van der Waals surface area (Å²) in [6.45, 7) is -0.189. The highest BCUT2D eigenvalue weighted by Crippen LogP contribution is 2.25. The van der Waals surface area contributed by atoms with Crippen LogP contribution in [0.3, 0.4) is 0 Å². The zero-order valence-electron chi connectivity index (χ0n) is 15.7. The number of carbonyl (C=O) groups excluding carboxylic acids is 2. The van der Waals surface area contributed by atoms with Crippen LogP contribution in [0.1, 0.15) is 23.2 Å². The van der Waals surface area contributed by atoms with E-state index in [1.54, 1.807) is 0 Å². The van der Waals surface area contributed by atoms with Gasteiger partial charge < -0.3 is 4.74 Å². The first-order valence-electron chi connectivity index (χ1n) is 9.09. The molecule has 160 valence electrons. The van der Waals surface area contributed by atoms with Crippen molar-refractivity contribution in [2.75, 3.05) is 19.7 Å². The maximum absolute atomic E-state index is 13.0. The van der Waals surface area contributed by atoms with Gasteiger partial charge in [0, 0.05) is 18.7 Å². The monoisotopic (exact) mass is 473 g/mol. The predicted octanol–water partition coefficient (Wildman–Crippen LogP) is 3.96. The van der Waals surface area contributed by atoms with Gasteiger partial charge in [0.25, 0.3) is 0 Å². The molecule has 6 nitrogen and oxygen atoms in total. The highest BCUT2D eigenvalue weighted by Gasteiger charge is 2.33. The van der Waals surface area contributed by atoms with Gasteiger partial charge in [0.05, 0.1) is 20.9 Å². The molecule has 0 radical (unpaired) electrons. The summed E-state index contributed by atoms with van der Waals surface area (Å²) in [5.74, 6) is -2.00. The third-order valence-corrected chi connectivity index (χ3v) is 7.48. The number of Topliss-reactive ketones (excluding diaryl/α,β-unsaturated/α-hetero) is 1. The lowest BCUT2D eigenvalue weighted by atomic mass is 9.98. The van der Waals surface area contributed by atoms with E-state index in [9.17, 15) is 22.4 Å². The summed E-state index contributed by atoms with van der Waals surface area (Å²) in [6, 6.07) is 8.96. The molecule has 0 spiro atoms. The van der Waals surface area contributed by atoms with Crippen LogP contribution in [0.5, 0.6) is 0 Å². The maximum Gasteiger partial charge on any atom is 0.309 e. The topological polar surface area (TPSA) is 80.8 Å². The summed E-state index contributed by atoms with van der Waals surface area (Å²) in [5.41, 5.74) is 0.275. The molecule has 1 heterocycles. The van der Waals surface area contributed by atoms with Gasteiger partial charge in [-0.15, -0.1) is 0 Å². The Labute approximate surface area is 183 Å². The molecule has 0 atom stereocenters. The molecule has 1 aliphatic heterocycles. The van der Waals surface area contributed by atoms with E-state index < -0.39 is 40.1 Å². The number of piperidine rings is 1. The standard InChI is InChI=1S/C20H18Cl2FNO5S/c21-17-6-1-14(11-18(17)22)19(25)12-29-20(26)13-7-9-24(10-8-13)30(27,28)16-4-2-15(23)3-5-16/h1-6,11,13H,7-10,12H2. The Kier molecular flexibility index (Phi) is 7.13. The van der Waals surface area contributed by atoms with Crippen LogP contribution in [0.4, 0.5) is 4.39 Å². The van der Waals surface area contributed by atoms with Crippen LogP contribution in [0.15, 0.2) is 47.4 Å². The SMILES string of the molecule is O=C(COC(=O)C1CCN(S(=O)(=O)c2ccc(F)cc2)CC1)c1ccc(Cl)c(Cl)c1. The van der Waals surface area contributed by atoms with Crippen LogP contribution in [-0.4, -0.2) is 44.2 Å². The van der Waals surface area contributed by atoms with E-state index in [1.165, 1.54) is 34.6 Å². The molecule has 0 amide bonds. The highest BCUT2D eigenvalue weighted by molar-refractivity contribution is 7.89. The fraction of sp³-hybridized carbons (Fsp3) is 0.300. The van der Waals surface area contributed by atoms with E-state index in [4.69, 9.17) is 27.9 Å². The summed E-state index contributed by atoms with van der Waals surface area (Å²) in [7, 11) is -3.76. The minimum Gasteiger partial charge on any atom is -0.457 e. The zero-order valence-corrected chi connectivity index (χ0v) is 18.0. The Morgan fingerprint density at radius 1 is 1.03 bits per heavy atom. The largest absolute Gasteiger partial charge is 0.457 e. The average molecular weight is 474 g/mol. The number of halogens is 3.